The molecule has 1 unspecified atom stereocenters. The van der Waals surface area contributed by atoms with Gasteiger partial charge in [0.1, 0.15) is 0 Å². The second-order valence-electron chi connectivity index (χ2n) is 6.96. The summed E-state index contributed by atoms with van der Waals surface area (Å²) in [6.07, 6.45) is 3.10. The first-order valence-electron chi connectivity index (χ1n) is 8.38. The maximum absolute atomic E-state index is 11.3. The highest BCUT2D eigenvalue weighted by molar-refractivity contribution is 5.82. The Kier molecular flexibility index (Phi) is 3.97. The largest absolute Gasteiger partial charge is 0.269 e. The van der Waals surface area contributed by atoms with Gasteiger partial charge in [0.25, 0.3) is 5.69 Å². The fraction of sp³-hybridized carbons (Fsp3) is 0.400. The topological polar surface area (TPSA) is 43.1 Å². The molecule has 0 aliphatic heterocycles. The Balaban J connectivity index is 2.30. The summed E-state index contributed by atoms with van der Waals surface area (Å²) in [6.45, 7) is 6.66. The molecule has 3 nitrogen and oxygen atoms in total. The smallest absolute Gasteiger partial charge is 0.258 e. The minimum atomic E-state index is -0.282. The van der Waals surface area contributed by atoms with Gasteiger partial charge in [-0.15, -0.1) is 0 Å². The van der Waals surface area contributed by atoms with Gasteiger partial charge in [-0.2, -0.15) is 0 Å². The molecule has 0 N–H and O–H groups in total. The van der Waals surface area contributed by atoms with E-state index in [-0.39, 0.29) is 16.0 Å². The van der Waals surface area contributed by atoms with Gasteiger partial charge in [-0.3, -0.25) is 10.1 Å². The second-order valence-corrected chi connectivity index (χ2v) is 6.96. The summed E-state index contributed by atoms with van der Waals surface area (Å²) < 4.78 is 0. The molecule has 3 heteroatoms. The molecule has 0 amide bonds. The quantitative estimate of drug-likeness (QED) is 0.524. The number of non-ortho nitro benzene ring substituents is 1. The number of hydrogen-bond donors (Lipinski definition) is 0. The van der Waals surface area contributed by atoms with Crippen LogP contribution >= 0.6 is 0 Å². The lowest BCUT2D eigenvalue weighted by atomic mass is 9.69. The van der Waals surface area contributed by atoms with Crippen LogP contribution in [-0.4, -0.2) is 4.92 Å². The van der Waals surface area contributed by atoms with Crippen LogP contribution in [0.1, 0.15) is 51.2 Å². The first-order chi connectivity index (χ1) is 11.0. The number of rotatable bonds is 5. The van der Waals surface area contributed by atoms with Crippen LogP contribution in [0.25, 0.3) is 11.1 Å². The fourth-order valence-corrected chi connectivity index (χ4v) is 4.27. The normalized spacial score (nSPS) is 18.8. The van der Waals surface area contributed by atoms with Crippen LogP contribution in [0.4, 0.5) is 5.69 Å². The first kappa shape index (κ1) is 15.7. The van der Waals surface area contributed by atoms with Crippen molar-refractivity contribution in [2.75, 3.05) is 0 Å². The zero-order valence-corrected chi connectivity index (χ0v) is 14.0. The number of nitro benzene ring substituents is 1. The van der Waals surface area contributed by atoms with E-state index < -0.39 is 0 Å². The summed E-state index contributed by atoms with van der Waals surface area (Å²) >= 11 is 0. The van der Waals surface area contributed by atoms with Gasteiger partial charge in [-0.25, -0.2) is 0 Å². The molecule has 0 radical (unpaired) electrons. The molecule has 0 bridgehead atoms. The third kappa shape index (κ3) is 2.44. The summed E-state index contributed by atoms with van der Waals surface area (Å²) in [4.78, 5) is 11.0. The highest BCUT2D eigenvalue weighted by Gasteiger charge is 2.43. The molecule has 1 aliphatic rings. The van der Waals surface area contributed by atoms with E-state index in [9.17, 15) is 10.1 Å². The SMILES string of the molecule is CCCC1(CC(C)C)c2ccccc2-c2ccc([N+](=O)[O-])cc21. The summed E-state index contributed by atoms with van der Waals surface area (Å²) in [5.74, 6) is 0.528. The van der Waals surface area contributed by atoms with Gasteiger partial charge in [0.2, 0.25) is 0 Å². The molecule has 0 saturated carbocycles. The van der Waals surface area contributed by atoms with Crippen molar-refractivity contribution in [1.82, 2.24) is 0 Å². The van der Waals surface area contributed by atoms with Gasteiger partial charge in [0.15, 0.2) is 0 Å². The van der Waals surface area contributed by atoms with Crippen LogP contribution in [-0.2, 0) is 5.41 Å². The van der Waals surface area contributed by atoms with Crippen molar-refractivity contribution in [3.63, 3.8) is 0 Å². The summed E-state index contributed by atoms with van der Waals surface area (Å²) in [5.41, 5.74) is 4.99. The number of fused-ring (bicyclic) bond motifs is 3. The predicted octanol–water partition coefficient (Wildman–Crippen LogP) is 5.71. The van der Waals surface area contributed by atoms with E-state index in [2.05, 4.69) is 45.0 Å². The molecule has 23 heavy (non-hydrogen) atoms. The average Bonchev–Trinajstić information content (AvgIpc) is 2.78. The monoisotopic (exact) mass is 309 g/mol. The van der Waals surface area contributed by atoms with Crippen LogP contribution in [0.2, 0.25) is 0 Å². The molecule has 120 valence electrons. The first-order valence-corrected chi connectivity index (χ1v) is 8.38. The molecule has 1 atom stereocenters. The lowest BCUT2D eigenvalue weighted by Crippen LogP contribution is -2.27. The van der Waals surface area contributed by atoms with E-state index in [1.165, 1.54) is 16.7 Å². The molecule has 0 heterocycles. The Bertz CT molecular complexity index is 751. The van der Waals surface area contributed by atoms with Crippen molar-refractivity contribution < 1.29 is 4.92 Å². The molecule has 1 aliphatic carbocycles. The van der Waals surface area contributed by atoms with E-state index in [0.29, 0.717) is 5.92 Å². The minimum Gasteiger partial charge on any atom is -0.258 e. The molecule has 0 aromatic heterocycles. The highest BCUT2D eigenvalue weighted by atomic mass is 16.6. The van der Waals surface area contributed by atoms with E-state index in [1.807, 2.05) is 12.1 Å². The Morgan fingerprint density at radius 2 is 1.78 bits per heavy atom. The standard InChI is InChI=1S/C20H23NO2/c1-4-11-20(13-14(2)3)18-8-6-5-7-16(18)17-10-9-15(21(22)23)12-19(17)20/h5-10,12,14H,4,11,13H2,1-3H3. The zero-order valence-electron chi connectivity index (χ0n) is 14.0. The van der Waals surface area contributed by atoms with Crippen LogP contribution in [0.3, 0.4) is 0 Å². The van der Waals surface area contributed by atoms with E-state index >= 15 is 0 Å². The van der Waals surface area contributed by atoms with Crippen molar-refractivity contribution in [1.29, 1.82) is 0 Å². The maximum atomic E-state index is 11.3. The van der Waals surface area contributed by atoms with Gasteiger partial charge in [-0.1, -0.05) is 51.5 Å². The van der Waals surface area contributed by atoms with Gasteiger partial charge >= 0.3 is 0 Å². The number of nitro groups is 1. The molecule has 0 fully saturated rings. The average molecular weight is 309 g/mol. The maximum Gasteiger partial charge on any atom is 0.269 e. The van der Waals surface area contributed by atoms with E-state index in [4.69, 9.17) is 0 Å². The molecular formula is C20H23NO2. The number of hydrogen-bond acceptors (Lipinski definition) is 2. The minimum absolute atomic E-state index is 0.0964. The Labute approximate surface area is 137 Å². The van der Waals surface area contributed by atoms with Crippen molar-refractivity contribution in [2.24, 2.45) is 5.92 Å². The van der Waals surface area contributed by atoms with Crippen molar-refractivity contribution in [3.8, 4) is 11.1 Å². The second kappa shape index (κ2) is 5.80. The lowest BCUT2D eigenvalue weighted by Gasteiger charge is -2.33. The Morgan fingerprint density at radius 1 is 1.09 bits per heavy atom. The molecule has 0 spiro atoms. The van der Waals surface area contributed by atoms with E-state index in [0.717, 1.165) is 24.8 Å². The van der Waals surface area contributed by atoms with Gasteiger partial charge in [0, 0.05) is 17.5 Å². The lowest BCUT2D eigenvalue weighted by molar-refractivity contribution is -0.384. The summed E-state index contributed by atoms with van der Waals surface area (Å²) in [6, 6.07) is 13.9. The van der Waals surface area contributed by atoms with Crippen LogP contribution in [0.15, 0.2) is 42.5 Å². The fourth-order valence-electron chi connectivity index (χ4n) is 4.27. The number of nitrogens with zero attached hydrogens (tertiary/aromatic N) is 1. The third-order valence-electron chi connectivity index (χ3n) is 4.90. The van der Waals surface area contributed by atoms with E-state index in [1.54, 1.807) is 6.07 Å². The zero-order chi connectivity index (χ0) is 16.6. The third-order valence-corrected chi connectivity index (χ3v) is 4.90. The highest BCUT2D eigenvalue weighted by Crippen LogP contribution is 2.54. The van der Waals surface area contributed by atoms with Gasteiger partial charge in [0.05, 0.1) is 4.92 Å². The predicted molar refractivity (Wildman–Crippen MR) is 93.7 cm³/mol. The van der Waals surface area contributed by atoms with Crippen LogP contribution < -0.4 is 0 Å². The molecular weight excluding hydrogens is 286 g/mol. The van der Waals surface area contributed by atoms with Gasteiger partial charge < -0.3 is 0 Å². The van der Waals surface area contributed by atoms with Crippen LogP contribution in [0.5, 0.6) is 0 Å². The number of benzene rings is 2. The summed E-state index contributed by atoms with van der Waals surface area (Å²) in [5, 5.41) is 11.3. The Morgan fingerprint density at radius 3 is 2.43 bits per heavy atom. The summed E-state index contributed by atoms with van der Waals surface area (Å²) in [7, 11) is 0. The van der Waals surface area contributed by atoms with Crippen molar-refractivity contribution >= 4 is 5.69 Å². The Hall–Kier alpha value is -2.16. The molecule has 3 rings (SSSR count). The molecule has 2 aromatic carbocycles. The van der Waals surface area contributed by atoms with Gasteiger partial charge in [-0.05, 0) is 47.1 Å². The van der Waals surface area contributed by atoms with Crippen molar-refractivity contribution in [2.45, 2.75) is 45.4 Å². The van der Waals surface area contributed by atoms with Crippen molar-refractivity contribution in [3.05, 3.63) is 63.7 Å². The van der Waals surface area contributed by atoms with Crippen LogP contribution in [0, 0.1) is 16.0 Å². The molecule has 2 aromatic rings. The molecule has 0 saturated heterocycles.